The molecule has 0 atom stereocenters. The Morgan fingerprint density at radius 1 is 0.750 bits per heavy atom. The third kappa shape index (κ3) is 8.05. The zero-order valence-electron chi connectivity index (χ0n) is 11.1. The Morgan fingerprint density at radius 3 is 1.31 bits per heavy atom. The van der Waals surface area contributed by atoms with E-state index in [4.69, 9.17) is 10.2 Å². The lowest BCUT2D eigenvalue weighted by Gasteiger charge is -2.25. The number of nitrogens with one attached hydrogen (secondary N) is 2. The zero-order chi connectivity index (χ0) is 12.7. The predicted octanol–water partition coefficient (Wildman–Crippen LogP) is 0.488. The van der Waals surface area contributed by atoms with Crippen LogP contribution < -0.4 is 10.6 Å². The van der Waals surface area contributed by atoms with Crippen LogP contribution in [0, 0.1) is 0 Å². The van der Waals surface area contributed by atoms with Crippen LogP contribution in [0.25, 0.3) is 0 Å². The van der Waals surface area contributed by atoms with Gasteiger partial charge in [0.05, 0.1) is 13.2 Å². The van der Waals surface area contributed by atoms with Crippen molar-refractivity contribution in [1.29, 1.82) is 0 Å². The summed E-state index contributed by atoms with van der Waals surface area (Å²) in [7, 11) is 0. The molecule has 0 amide bonds. The topological polar surface area (TPSA) is 64.5 Å². The normalized spacial score (nSPS) is 13.1. The number of aliphatic hydroxyl groups is 2. The van der Waals surface area contributed by atoms with Gasteiger partial charge in [-0.2, -0.15) is 0 Å². The minimum absolute atomic E-state index is 0.156. The monoisotopic (exact) mass is 232 g/mol. The maximum atomic E-state index is 9.03. The smallest absolute Gasteiger partial charge is 0.0607 e. The molecule has 0 saturated heterocycles. The second-order valence-corrected chi connectivity index (χ2v) is 5.64. The van der Waals surface area contributed by atoms with Crippen molar-refractivity contribution in [3.8, 4) is 0 Å². The first-order chi connectivity index (χ1) is 7.33. The van der Waals surface area contributed by atoms with Gasteiger partial charge in [0.1, 0.15) is 0 Å². The molecule has 0 aliphatic carbocycles. The summed E-state index contributed by atoms with van der Waals surface area (Å²) in [4.78, 5) is 0. The van der Waals surface area contributed by atoms with E-state index in [2.05, 4.69) is 10.6 Å². The summed E-state index contributed by atoms with van der Waals surface area (Å²) in [5.74, 6) is 0. The van der Waals surface area contributed by atoms with Crippen LogP contribution in [0.2, 0.25) is 0 Å². The van der Waals surface area contributed by atoms with Gasteiger partial charge in [0, 0.05) is 11.1 Å². The van der Waals surface area contributed by atoms with Crippen LogP contribution in [0.4, 0.5) is 0 Å². The van der Waals surface area contributed by atoms with Crippen molar-refractivity contribution in [2.24, 2.45) is 0 Å². The third-order valence-corrected chi connectivity index (χ3v) is 2.60. The Hall–Kier alpha value is -0.160. The van der Waals surface area contributed by atoms with Gasteiger partial charge in [0.2, 0.25) is 0 Å². The van der Waals surface area contributed by atoms with E-state index in [0.29, 0.717) is 0 Å². The molecule has 0 aromatic carbocycles. The molecule has 0 saturated carbocycles. The highest BCUT2D eigenvalue weighted by atomic mass is 16.3. The maximum absolute atomic E-state index is 9.03. The third-order valence-electron chi connectivity index (χ3n) is 2.60. The highest BCUT2D eigenvalue weighted by Crippen LogP contribution is 2.02. The van der Waals surface area contributed by atoms with Gasteiger partial charge in [-0.15, -0.1) is 0 Å². The van der Waals surface area contributed by atoms with Crippen molar-refractivity contribution in [1.82, 2.24) is 10.6 Å². The van der Waals surface area contributed by atoms with E-state index in [-0.39, 0.29) is 24.3 Å². The van der Waals surface area contributed by atoms with Crippen LogP contribution in [0.1, 0.15) is 40.5 Å². The molecule has 0 aliphatic rings. The second-order valence-electron chi connectivity index (χ2n) is 5.64. The fourth-order valence-corrected chi connectivity index (χ4v) is 1.22. The highest BCUT2D eigenvalue weighted by Gasteiger charge is 2.15. The minimum Gasteiger partial charge on any atom is -0.394 e. The van der Waals surface area contributed by atoms with E-state index in [1.807, 2.05) is 27.7 Å². The van der Waals surface area contributed by atoms with E-state index < -0.39 is 0 Å². The number of hydrogen-bond acceptors (Lipinski definition) is 4. The van der Waals surface area contributed by atoms with Crippen molar-refractivity contribution in [2.75, 3.05) is 26.3 Å². The Morgan fingerprint density at radius 2 is 1.06 bits per heavy atom. The molecule has 0 aliphatic heterocycles. The fourth-order valence-electron chi connectivity index (χ4n) is 1.22. The molecule has 0 fully saturated rings. The summed E-state index contributed by atoms with van der Waals surface area (Å²) in [5, 5.41) is 24.7. The molecule has 0 aromatic heterocycles. The summed E-state index contributed by atoms with van der Waals surface area (Å²) < 4.78 is 0. The molecule has 0 heterocycles. The number of hydrogen-bond donors (Lipinski definition) is 4. The quantitative estimate of drug-likeness (QED) is 0.437. The van der Waals surface area contributed by atoms with Crippen molar-refractivity contribution >= 4 is 0 Å². The van der Waals surface area contributed by atoms with Crippen LogP contribution in [0.5, 0.6) is 0 Å². The summed E-state index contributed by atoms with van der Waals surface area (Å²) in [5.41, 5.74) is -0.365. The molecular weight excluding hydrogens is 204 g/mol. The molecule has 4 N–H and O–H groups in total. The van der Waals surface area contributed by atoms with Crippen molar-refractivity contribution in [3.63, 3.8) is 0 Å². The first kappa shape index (κ1) is 15.8. The lowest BCUT2D eigenvalue weighted by molar-refractivity contribution is 0.184. The first-order valence-electron chi connectivity index (χ1n) is 6.05. The molecule has 0 unspecified atom stereocenters. The first-order valence-corrected chi connectivity index (χ1v) is 6.05. The molecule has 0 bridgehead atoms. The number of aliphatic hydroxyl groups excluding tert-OH is 2. The molecule has 98 valence electrons. The van der Waals surface area contributed by atoms with Gasteiger partial charge >= 0.3 is 0 Å². The molecule has 4 heteroatoms. The van der Waals surface area contributed by atoms with Gasteiger partial charge in [0.25, 0.3) is 0 Å². The Bertz CT molecular complexity index is 162. The molecular formula is C12H28N2O2. The molecule has 16 heavy (non-hydrogen) atoms. The Balaban J connectivity index is 3.42. The molecule has 0 spiro atoms. The lowest BCUT2D eigenvalue weighted by Crippen LogP contribution is -2.44. The van der Waals surface area contributed by atoms with Gasteiger partial charge in [-0.05, 0) is 53.6 Å². The van der Waals surface area contributed by atoms with Gasteiger partial charge in [-0.1, -0.05) is 0 Å². The Labute approximate surface area is 99.4 Å². The van der Waals surface area contributed by atoms with E-state index >= 15 is 0 Å². The average Bonchev–Trinajstić information content (AvgIpc) is 2.23. The fraction of sp³-hybridized carbons (Fsp3) is 1.00. The van der Waals surface area contributed by atoms with Crippen LogP contribution in [0.15, 0.2) is 0 Å². The van der Waals surface area contributed by atoms with E-state index in [1.54, 1.807) is 0 Å². The predicted molar refractivity (Wildman–Crippen MR) is 67.6 cm³/mol. The SMILES string of the molecule is CC(C)(CO)NCCCCNC(C)(C)CO. The molecule has 0 radical (unpaired) electrons. The largest absolute Gasteiger partial charge is 0.394 e. The van der Waals surface area contributed by atoms with Gasteiger partial charge in [-0.25, -0.2) is 0 Å². The molecule has 0 rings (SSSR count). The van der Waals surface area contributed by atoms with Crippen LogP contribution >= 0.6 is 0 Å². The average molecular weight is 232 g/mol. The number of unbranched alkanes of at least 4 members (excludes halogenated alkanes) is 1. The van der Waals surface area contributed by atoms with Crippen LogP contribution in [0.3, 0.4) is 0 Å². The standard InChI is InChI=1S/C12H28N2O2/c1-11(2,9-15)13-7-5-6-8-14-12(3,4)10-16/h13-16H,5-10H2,1-4H3. The minimum atomic E-state index is -0.183. The summed E-state index contributed by atoms with van der Waals surface area (Å²) in [6, 6.07) is 0. The van der Waals surface area contributed by atoms with Crippen molar-refractivity contribution < 1.29 is 10.2 Å². The van der Waals surface area contributed by atoms with Gasteiger partial charge < -0.3 is 20.8 Å². The zero-order valence-corrected chi connectivity index (χ0v) is 11.1. The van der Waals surface area contributed by atoms with Crippen molar-refractivity contribution in [3.05, 3.63) is 0 Å². The van der Waals surface area contributed by atoms with Crippen LogP contribution in [-0.4, -0.2) is 47.6 Å². The van der Waals surface area contributed by atoms with Crippen LogP contribution in [-0.2, 0) is 0 Å². The number of rotatable bonds is 9. The summed E-state index contributed by atoms with van der Waals surface area (Å²) in [6.45, 7) is 10.1. The highest BCUT2D eigenvalue weighted by molar-refractivity contribution is 4.77. The maximum Gasteiger partial charge on any atom is 0.0607 e. The molecule has 4 nitrogen and oxygen atoms in total. The van der Waals surface area contributed by atoms with Crippen molar-refractivity contribution in [2.45, 2.75) is 51.6 Å². The van der Waals surface area contributed by atoms with E-state index in [1.165, 1.54) is 0 Å². The van der Waals surface area contributed by atoms with E-state index in [9.17, 15) is 0 Å². The van der Waals surface area contributed by atoms with Gasteiger partial charge in [-0.3, -0.25) is 0 Å². The summed E-state index contributed by atoms with van der Waals surface area (Å²) >= 11 is 0. The van der Waals surface area contributed by atoms with Gasteiger partial charge in [0.15, 0.2) is 0 Å². The Kier molecular flexibility index (Phi) is 7.15. The van der Waals surface area contributed by atoms with E-state index in [0.717, 1.165) is 25.9 Å². The second kappa shape index (κ2) is 7.22. The molecule has 0 aromatic rings. The lowest BCUT2D eigenvalue weighted by atomic mass is 10.1. The summed E-state index contributed by atoms with van der Waals surface area (Å²) in [6.07, 6.45) is 2.13.